The van der Waals surface area contributed by atoms with E-state index in [1.54, 1.807) is 12.1 Å². The van der Waals surface area contributed by atoms with Gasteiger partial charge in [0.1, 0.15) is 0 Å². The summed E-state index contributed by atoms with van der Waals surface area (Å²) in [5, 5.41) is 12.9. The van der Waals surface area contributed by atoms with Gasteiger partial charge in [0.25, 0.3) is 0 Å². The average molecular weight is 368 g/mol. The van der Waals surface area contributed by atoms with Crippen molar-refractivity contribution < 1.29 is 28.1 Å². The summed E-state index contributed by atoms with van der Waals surface area (Å²) in [6.45, 7) is -2.39. The maximum Gasteiger partial charge on any atom is 0.387 e. The smallest absolute Gasteiger partial charge is 0.387 e. The van der Waals surface area contributed by atoms with E-state index in [1.807, 2.05) is 0 Å². The fourth-order valence-electron chi connectivity index (χ4n) is 2.78. The first-order valence-corrected chi connectivity index (χ1v) is 7.64. The van der Waals surface area contributed by atoms with Crippen LogP contribution in [0.2, 0.25) is 0 Å². The lowest BCUT2D eigenvalue weighted by molar-refractivity contribution is -0.0526. The summed E-state index contributed by atoms with van der Waals surface area (Å²) in [6, 6.07) is 3.66. The van der Waals surface area contributed by atoms with Gasteiger partial charge in [-0.15, -0.1) is 12.4 Å². The van der Waals surface area contributed by atoms with Crippen LogP contribution in [0, 0.1) is 0 Å². The van der Waals surface area contributed by atoms with Crippen molar-refractivity contribution in [1.82, 2.24) is 5.32 Å². The summed E-state index contributed by atoms with van der Waals surface area (Å²) >= 11 is 0. The monoisotopic (exact) mass is 367 g/mol. The van der Waals surface area contributed by atoms with Gasteiger partial charge in [0.05, 0.1) is 20.3 Å². The van der Waals surface area contributed by atoms with Gasteiger partial charge in [-0.25, -0.2) is 0 Å². The Morgan fingerprint density at radius 3 is 2.12 bits per heavy atom. The van der Waals surface area contributed by atoms with Gasteiger partial charge in [0, 0.05) is 12.6 Å². The van der Waals surface area contributed by atoms with Gasteiger partial charge in [-0.2, -0.15) is 8.78 Å². The second kappa shape index (κ2) is 9.86. The van der Waals surface area contributed by atoms with E-state index in [4.69, 9.17) is 9.47 Å². The predicted octanol–water partition coefficient (Wildman–Crippen LogP) is 3.12. The van der Waals surface area contributed by atoms with Crippen molar-refractivity contribution in [3.05, 3.63) is 17.7 Å². The first-order valence-electron chi connectivity index (χ1n) is 7.64. The fraction of sp³-hybridized carbons (Fsp3) is 0.625. The largest absolute Gasteiger partial charge is 0.493 e. The van der Waals surface area contributed by atoms with Gasteiger partial charge in [0.2, 0.25) is 5.75 Å². The van der Waals surface area contributed by atoms with Crippen molar-refractivity contribution in [2.45, 2.75) is 51.0 Å². The first kappa shape index (κ1) is 20.7. The highest BCUT2D eigenvalue weighted by atomic mass is 35.5. The molecule has 1 aromatic rings. The zero-order valence-corrected chi connectivity index (χ0v) is 14.6. The van der Waals surface area contributed by atoms with Gasteiger partial charge in [-0.3, -0.25) is 0 Å². The standard InChI is InChI=1S/C16H23F2NO4.ClH/c1-21-13-7-10(8-14(22-2)15(13)23-16(17)18)9-19-11-3-5-12(20)6-4-11;/h7-8,11-12,16,19-20H,3-6,9H2,1-2H3;1H. The number of methoxy groups -OCH3 is 2. The highest BCUT2D eigenvalue weighted by Crippen LogP contribution is 2.39. The second-order valence-electron chi connectivity index (χ2n) is 5.59. The molecular weight excluding hydrogens is 344 g/mol. The van der Waals surface area contributed by atoms with Crippen molar-refractivity contribution in [1.29, 1.82) is 0 Å². The molecule has 0 unspecified atom stereocenters. The van der Waals surface area contributed by atoms with Crippen LogP contribution in [0.1, 0.15) is 31.2 Å². The van der Waals surface area contributed by atoms with Crippen molar-refractivity contribution in [2.75, 3.05) is 14.2 Å². The molecule has 0 spiro atoms. The van der Waals surface area contributed by atoms with E-state index >= 15 is 0 Å². The Bertz CT molecular complexity index is 486. The summed E-state index contributed by atoms with van der Waals surface area (Å²) < 4.78 is 39.8. The van der Waals surface area contributed by atoms with Crippen LogP contribution < -0.4 is 19.5 Å². The second-order valence-corrected chi connectivity index (χ2v) is 5.59. The molecule has 1 saturated carbocycles. The van der Waals surface area contributed by atoms with Crippen molar-refractivity contribution >= 4 is 12.4 Å². The van der Waals surface area contributed by atoms with Gasteiger partial charge < -0.3 is 24.6 Å². The topological polar surface area (TPSA) is 60.0 Å². The van der Waals surface area contributed by atoms with E-state index in [-0.39, 0.29) is 35.8 Å². The number of halogens is 3. The molecule has 0 radical (unpaired) electrons. The zero-order valence-electron chi connectivity index (χ0n) is 13.8. The van der Waals surface area contributed by atoms with Crippen molar-refractivity contribution in [2.24, 2.45) is 0 Å². The van der Waals surface area contributed by atoms with Gasteiger partial charge in [0.15, 0.2) is 11.5 Å². The van der Waals surface area contributed by atoms with Gasteiger partial charge >= 0.3 is 6.61 Å². The molecule has 0 atom stereocenters. The number of benzene rings is 1. The predicted molar refractivity (Wildman–Crippen MR) is 88.5 cm³/mol. The molecule has 2 rings (SSSR count). The third-order valence-corrected chi connectivity index (χ3v) is 4.02. The highest BCUT2D eigenvalue weighted by Gasteiger charge is 2.20. The minimum absolute atomic E-state index is 0. The Labute approximate surface area is 146 Å². The Morgan fingerprint density at radius 2 is 1.67 bits per heavy atom. The molecule has 5 nitrogen and oxygen atoms in total. The first-order chi connectivity index (χ1) is 11.0. The van der Waals surface area contributed by atoms with Crippen LogP contribution in [0.25, 0.3) is 0 Å². The Kier molecular flexibility index (Phi) is 8.52. The van der Waals surface area contributed by atoms with Gasteiger partial charge in [-0.05, 0) is 43.4 Å². The third kappa shape index (κ3) is 5.65. The molecule has 1 fully saturated rings. The molecular formula is C16H24ClF2NO4. The number of aliphatic hydroxyl groups excluding tert-OH is 1. The van der Waals surface area contributed by atoms with Gasteiger partial charge in [-0.1, -0.05) is 0 Å². The molecule has 0 saturated heterocycles. The number of hydrogen-bond donors (Lipinski definition) is 2. The normalized spacial score (nSPS) is 20.4. The number of rotatable bonds is 7. The third-order valence-electron chi connectivity index (χ3n) is 4.02. The Hall–Kier alpha value is -1.31. The molecule has 0 aromatic heterocycles. The molecule has 138 valence electrons. The molecule has 1 aliphatic carbocycles. The van der Waals surface area contributed by atoms with E-state index in [1.165, 1.54) is 14.2 Å². The Balaban J connectivity index is 0.00000288. The molecule has 0 bridgehead atoms. The lowest BCUT2D eigenvalue weighted by Crippen LogP contribution is -2.34. The molecule has 0 heterocycles. The van der Waals surface area contributed by atoms with E-state index in [9.17, 15) is 13.9 Å². The van der Waals surface area contributed by atoms with Crippen LogP contribution in [0.5, 0.6) is 17.2 Å². The highest BCUT2D eigenvalue weighted by molar-refractivity contribution is 5.85. The van der Waals surface area contributed by atoms with Crippen molar-refractivity contribution in [3.8, 4) is 17.2 Å². The van der Waals surface area contributed by atoms with E-state index in [2.05, 4.69) is 10.1 Å². The number of hydrogen-bond acceptors (Lipinski definition) is 5. The lowest BCUT2D eigenvalue weighted by atomic mass is 9.93. The molecule has 1 aliphatic rings. The van der Waals surface area contributed by atoms with E-state index < -0.39 is 6.61 Å². The molecule has 8 heteroatoms. The van der Waals surface area contributed by atoms with E-state index in [0.717, 1.165) is 31.2 Å². The fourth-order valence-corrected chi connectivity index (χ4v) is 2.78. The summed E-state index contributed by atoms with van der Waals surface area (Å²) in [6.07, 6.45) is 3.24. The van der Waals surface area contributed by atoms with Crippen LogP contribution in [0.3, 0.4) is 0 Å². The SMILES string of the molecule is COc1cc(CNC2CCC(O)CC2)cc(OC)c1OC(F)F.Cl. The van der Waals surface area contributed by atoms with Crippen LogP contribution in [0.4, 0.5) is 8.78 Å². The van der Waals surface area contributed by atoms with Crippen LogP contribution >= 0.6 is 12.4 Å². The minimum atomic E-state index is -2.95. The lowest BCUT2D eigenvalue weighted by Gasteiger charge is -2.26. The summed E-state index contributed by atoms with van der Waals surface area (Å²) in [5.74, 6) is 0.315. The summed E-state index contributed by atoms with van der Waals surface area (Å²) in [7, 11) is 2.79. The number of alkyl halides is 2. The number of ether oxygens (including phenoxy) is 3. The molecule has 0 amide bonds. The number of aliphatic hydroxyl groups is 1. The average Bonchev–Trinajstić information content (AvgIpc) is 2.54. The number of nitrogens with one attached hydrogen (secondary N) is 1. The summed E-state index contributed by atoms with van der Waals surface area (Å²) in [4.78, 5) is 0. The maximum absolute atomic E-state index is 12.5. The molecule has 24 heavy (non-hydrogen) atoms. The maximum atomic E-state index is 12.5. The molecule has 1 aromatic carbocycles. The molecule has 2 N–H and O–H groups in total. The Morgan fingerprint density at radius 1 is 1.12 bits per heavy atom. The van der Waals surface area contributed by atoms with Crippen LogP contribution in [0.15, 0.2) is 12.1 Å². The quantitative estimate of drug-likeness (QED) is 0.775. The summed E-state index contributed by atoms with van der Waals surface area (Å²) in [5.41, 5.74) is 0.853. The van der Waals surface area contributed by atoms with E-state index in [0.29, 0.717) is 12.6 Å². The van der Waals surface area contributed by atoms with Crippen LogP contribution in [-0.4, -0.2) is 38.1 Å². The van der Waals surface area contributed by atoms with Crippen molar-refractivity contribution in [3.63, 3.8) is 0 Å². The zero-order chi connectivity index (χ0) is 16.8. The molecule has 0 aliphatic heterocycles. The van der Waals surface area contributed by atoms with Crippen LogP contribution in [-0.2, 0) is 6.54 Å². The minimum Gasteiger partial charge on any atom is -0.493 e.